The summed E-state index contributed by atoms with van der Waals surface area (Å²) in [4.78, 5) is 4.54. The molecular formula is C13H13NS. The molecule has 76 valence electrons. The smallest absolute Gasteiger partial charge is 0.0907 e. The quantitative estimate of drug-likeness (QED) is 0.654. The van der Waals surface area contributed by atoms with Crippen molar-refractivity contribution in [2.45, 2.75) is 25.7 Å². The van der Waals surface area contributed by atoms with Crippen LogP contribution in [0.1, 0.15) is 29.3 Å². The fourth-order valence-corrected chi connectivity index (χ4v) is 3.01. The molecule has 1 aromatic heterocycles. The summed E-state index contributed by atoms with van der Waals surface area (Å²) in [6.07, 6.45) is 7.08. The molecule has 0 saturated carbocycles. The fraction of sp³-hybridized carbons (Fsp3) is 0.308. The number of fused-ring (bicyclic) bond motifs is 1. The van der Waals surface area contributed by atoms with E-state index in [4.69, 9.17) is 0 Å². The van der Waals surface area contributed by atoms with Gasteiger partial charge in [0.05, 0.1) is 15.2 Å². The first kappa shape index (κ1) is 9.10. The van der Waals surface area contributed by atoms with E-state index in [0.29, 0.717) is 5.92 Å². The van der Waals surface area contributed by atoms with Crippen LogP contribution in [0.4, 0.5) is 0 Å². The lowest BCUT2D eigenvalue weighted by molar-refractivity contribution is 0.802. The third-order valence-corrected chi connectivity index (χ3v) is 3.91. The number of allylic oxidation sites excluding steroid dienone is 2. The second-order valence-corrected chi connectivity index (χ2v) is 5.31. The zero-order valence-corrected chi connectivity index (χ0v) is 9.55. The molecule has 0 N–H and O–H groups in total. The van der Waals surface area contributed by atoms with Gasteiger partial charge in [-0.15, -0.1) is 11.3 Å². The highest BCUT2D eigenvalue weighted by Crippen LogP contribution is 2.31. The molecule has 1 aliphatic carbocycles. The zero-order chi connectivity index (χ0) is 10.3. The minimum Gasteiger partial charge on any atom is -0.242 e. The SMILES string of the molecule is Cc1nc2cc([C@@H]3C=CCC3)ccc2s1. The van der Waals surface area contributed by atoms with Gasteiger partial charge in [-0.3, -0.25) is 0 Å². The van der Waals surface area contributed by atoms with Crippen LogP contribution in [0.25, 0.3) is 10.2 Å². The van der Waals surface area contributed by atoms with Crippen LogP contribution in [0.15, 0.2) is 30.4 Å². The third kappa shape index (κ3) is 1.59. The van der Waals surface area contributed by atoms with Gasteiger partial charge in [0.2, 0.25) is 0 Å². The number of rotatable bonds is 1. The molecule has 0 radical (unpaired) electrons. The Morgan fingerprint density at radius 3 is 3.13 bits per heavy atom. The molecule has 1 atom stereocenters. The molecule has 0 bridgehead atoms. The highest BCUT2D eigenvalue weighted by molar-refractivity contribution is 7.18. The number of nitrogens with zero attached hydrogens (tertiary/aromatic N) is 1. The van der Waals surface area contributed by atoms with Gasteiger partial charge in [0.15, 0.2) is 0 Å². The average Bonchev–Trinajstić information content (AvgIpc) is 2.82. The number of benzene rings is 1. The van der Waals surface area contributed by atoms with E-state index >= 15 is 0 Å². The average molecular weight is 215 g/mol. The molecule has 0 saturated heterocycles. The van der Waals surface area contributed by atoms with Gasteiger partial charge in [0.25, 0.3) is 0 Å². The molecule has 0 unspecified atom stereocenters. The Morgan fingerprint density at radius 1 is 1.40 bits per heavy atom. The highest BCUT2D eigenvalue weighted by Gasteiger charge is 2.12. The molecule has 1 aromatic carbocycles. The first-order valence-corrected chi connectivity index (χ1v) is 6.18. The van der Waals surface area contributed by atoms with Crippen LogP contribution < -0.4 is 0 Å². The van der Waals surface area contributed by atoms with Crippen LogP contribution in [-0.2, 0) is 0 Å². The molecule has 1 heterocycles. The Hall–Kier alpha value is -1.15. The lowest BCUT2D eigenvalue weighted by atomic mass is 9.99. The van der Waals surface area contributed by atoms with Gasteiger partial charge in [-0.2, -0.15) is 0 Å². The second-order valence-electron chi connectivity index (χ2n) is 4.07. The number of thiazole rings is 1. The van der Waals surface area contributed by atoms with Crippen molar-refractivity contribution in [3.8, 4) is 0 Å². The van der Waals surface area contributed by atoms with E-state index in [1.165, 1.54) is 23.1 Å². The Bertz CT molecular complexity index is 524. The van der Waals surface area contributed by atoms with Crippen LogP contribution in [0.5, 0.6) is 0 Å². The number of aryl methyl sites for hydroxylation is 1. The second kappa shape index (κ2) is 3.46. The molecule has 0 fully saturated rings. The normalized spacial score (nSPS) is 20.2. The molecule has 15 heavy (non-hydrogen) atoms. The summed E-state index contributed by atoms with van der Waals surface area (Å²) in [7, 11) is 0. The van der Waals surface area contributed by atoms with Gasteiger partial charge < -0.3 is 0 Å². The lowest BCUT2D eigenvalue weighted by Gasteiger charge is -2.06. The maximum atomic E-state index is 4.54. The van der Waals surface area contributed by atoms with Gasteiger partial charge in [0, 0.05) is 5.92 Å². The van der Waals surface area contributed by atoms with E-state index in [-0.39, 0.29) is 0 Å². The summed E-state index contributed by atoms with van der Waals surface area (Å²) in [5.74, 6) is 0.622. The first-order valence-electron chi connectivity index (χ1n) is 5.37. The Kier molecular flexibility index (Phi) is 2.10. The van der Waals surface area contributed by atoms with Crippen LogP contribution >= 0.6 is 11.3 Å². The molecule has 1 aliphatic rings. The molecule has 2 heteroatoms. The van der Waals surface area contributed by atoms with Crippen LogP contribution in [-0.4, -0.2) is 4.98 Å². The van der Waals surface area contributed by atoms with E-state index in [1.54, 1.807) is 11.3 Å². The molecule has 1 nitrogen and oxygen atoms in total. The molecule has 0 aliphatic heterocycles. The standard InChI is InChI=1S/C13H13NS/c1-9-14-12-8-11(6-7-13(12)15-9)10-4-2-3-5-10/h2,4,6-8,10H,3,5H2,1H3/t10-/m1/s1. The van der Waals surface area contributed by atoms with Crippen LogP contribution in [0.3, 0.4) is 0 Å². The van der Waals surface area contributed by atoms with Gasteiger partial charge in [-0.25, -0.2) is 4.98 Å². The molecule has 0 spiro atoms. The number of hydrogen-bond acceptors (Lipinski definition) is 2. The summed E-state index contributed by atoms with van der Waals surface area (Å²) in [6.45, 7) is 2.07. The minimum absolute atomic E-state index is 0.622. The molecular weight excluding hydrogens is 202 g/mol. The molecule has 0 amide bonds. The van der Waals surface area contributed by atoms with Crippen molar-refractivity contribution in [1.29, 1.82) is 0 Å². The minimum atomic E-state index is 0.622. The molecule has 2 aromatic rings. The van der Waals surface area contributed by atoms with E-state index in [0.717, 1.165) is 10.5 Å². The van der Waals surface area contributed by atoms with Crippen molar-refractivity contribution >= 4 is 21.6 Å². The fourth-order valence-electron chi connectivity index (χ4n) is 2.20. The molecule has 3 rings (SSSR count). The van der Waals surface area contributed by atoms with E-state index < -0.39 is 0 Å². The summed E-state index contributed by atoms with van der Waals surface area (Å²) in [5.41, 5.74) is 2.58. The van der Waals surface area contributed by atoms with Crippen molar-refractivity contribution in [1.82, 2.24) is 4.98 Å². The van der Waals surface area contributed by atoms with Gasteiger partial charge >= 0.3 is 0 Å². The Morgan fingerprint density at radius 2 is 2.33 bits per heavy atom. The zero-order valence-electron chi connectivity index (χ0n) is 8.73. The van der Waals surface area contributed by atoms with E-state index in [9.17, 15) is 0 Å². The van der Waals surface area contributed by atoms with Crippen molar-refractivity contribution in [3.63, 3.8) is 0 Å². The monoisotopic (exact) mass is 215 g/mol. The number of hydrogen-bond donors (Lipinski definition) is 0. The van der Waals surface area contributed by atoms with Gasteiger partial charge in [-0.05, 0) is 37.5 Å². The Labute approximate surface area is 93.5 Å². The van der Waals surface area contributed by atoms with E-state index in [2.05, 4.69) is 42.3 Å². The van der Waals surface area contributed by atoms with Gasteiger partial charge in [0.1, 0.15) is 0 Å². The highest BCUT2D eigenvalue weighted by atomic mass is 32.1. The van der Waals surface area contributed by atoms with Gasteiger partial charge in [-0.1, -0.05) is 18.2 Å². The summed E-state index contributed by atoms with van der Waals surface area (Å²) in [5, 5.41) is 1.16. The Balaban J connectivity index is 2.08. The first-order chi connectivity index (χ1) is 7.33. The predicted molar refractivity (Wildman–Crippen MR) is 65.5 cm³/mol. The summed E-state index contributed by atoms with van der Waals surface area (Å²) < 4.78 is 1.30. The van der Waals surface area contributed by atoms with E-state index in [1.807, 2.05) is 0 Å². The summed E-state index contributed by atoms with van der Waals surface area (Å²) >= 11 is 1.77. The third-order valence-electron chi connectivity index (χ3n) is 2.96. The predicted octanol–water partition coefficient (Wildman–Crippen LogP) is 4.04. The van der Waals surface area contributed by atoms with Crippen molar-refractivity contribution in [3.05, 3.63) is 40.9 Å². The largest absolute Gasteiger partial charge is 0.242 e. The summed E-state index contributed by atoms with van der Waals surface area (Å²) in [6, 6.07) is 6.71. The van der Waals surface area contributed by atoms with Crippen molar-refractivity contribution < 1.29 is 0 Å². The van der Waals surface area contributed by atoms with Crippen molar-refractivity contribution in [2.24, 2.45) is 0 Å². The topological polar surface area (TPSA) is 12.9 Å². The van der Waals surface area contributed by atoms with Crippen molar-refractivity contribution in [2.75, 3.05) is 0 Å². The van der Waals surface area contributed by atoms with Crippen LogP contribution in [0, 0.1) is 6.92 Å². The lowest BCUT2D eigenvalue weighted by Crippen LogP contribution is -1.90. The van der Waals surface area contributed by atoms with Crippen LogP contribution in [0.2, 0.25) is 0 Å². The maximum absolute atomic E-state index is 4.54. The number of aromatic nitrogens is 1. The maximum Gasteiger partial charge on any atom is 0.0907 e.